The van der Waals surface area contributed by atoms with Crippen LogP contribution in [-0.4, -0.2) is 16.2 Å². The normalized spacial score (nSPS) is 10.7. The number of aromatic carboxylic acids is 1. The number of nitrogens with zero attached hydrogens (tertiary/aromatic N) is 1. The molecular weight excluding hydrogens is 226 g/mol. The van der Waals surface area contributed by atoms with Gasteiger partial charge in [-0.25, -0.2) is 4.79 Å². The molecule has 0 aliphatic rings. The molecule has 4 nitrogen and oxygen atoms in total. The van der Waals surface area contributed by atoms with Gasteiger partial charge in [-0.2, -0.15) is 0 Å². The first-order chi connectivity index (χ1) is 7.50. The second-order valence-electron chi connectivity index (χ2n) is 3.58. The van der Waals surface area contributed by atoms with E-state index in [-0.39, 0.29) is 0 Å². The van der Waals surface area contributed by atoms with E-state index >= 15 is 0 Å². The van der Waals surface area contributed by atoms with Crippen LogP contribution in [-0.2, 0) is 0 Å². The molecule has 0 radical (unpaired) electrons. The maximum Gasteiger partial charge on any atom is 0.345 e. The number of aromatic nitrogens is 1. The molecule has 1 N–H and O–H groups in total. The Hall–Kier alpha value is -1.62. The monoisotopic (exact) mass is 237 g/mol. The largest absolute Gasteiger partial charge is 0.477 e. The lowest BCUT2D eigenvalue weighted by Gasteiger charge is -1.97. The number of carbonyl (C=O) groups is 1. The minimum atomic E-state index is -0.897. The number of hydrogen-bond donors (Lipinski definition) is 1. The lowest BCUT2D eigenvalue weighted by atomic mass is 10.1. The molecule has 0 aromatic carbocycles. The average molecular weight is 237 g/mol. The molecule has 0 aliphatic carbocycles. The van der Waals surface area contributed by atoms with Crippen molar-refractivity contribution in [3.8, 4) is 11.1 Å². The van der Waals surface area contributed by atoms with Crippen molar-refractivity contribution >= 4 is 17.3 Å². The van der Waals surface area contributed by atoms with E-state index in [0.717, 1.165) is 27.5 Å². The van der Waals surface area contributed by atoms with Gasteiger partial charge < -0.3 is 9.63 Å². The molecule has 84 valence electrons. The Morgan fingerprint density at radius 1 is 1.44 bits per heavy atom. The Morgan fingerprint density at radius 2 is 2.12 bits per heavy atom. The Bertz CT molecular complexity index is 534. The smallest absolute Gasteiger partial charge is 0.345 e. The molecule has 0 saturated carbocycles. The molecule has 0 saturated heterocycles. The number of rotatable bonds is 2. The second kappa shape index (κ2) is 3.75. The number of hydrogen-bond acceptors (Lipinski definition) is 4. The fourth-order valence-corrected chi connectivity index (χ4v) is 2.57. The lowest BCUT2D eigenvalue weighted by Crippen LogP contribution is -1.90. The first-order valence-electron chi connectivity index (χ1n) is 4.77. The van der Waals surface area contributed by atoms with Gasteiger partial charge in [-0.15, -0.1) is 11.3 Å². The van der Waals surface area contributed by atoms with Gasteiger partial charge in [0.15, 0.2) is 0 Å². The van der Waals surface area contributed by atoms with Crippen LogP contribution in [0, 0.1) is 20.8 Å². The van der Waals surface area contributed by atoms with Gasteiger partial charge in [0.2, 0.25) is 0 Å². The highest BCUT2D eigenvalue weighted by atomic mass is 32.1. The summed E-state index contributed by atoms with van der Waals surface area (Å²) in [4.78, 5) is 12.2. The van der Waals surface area contributed by atoms with Crippen LogP contribution >= 0.6 is 11.3 Å². The van der Waals surface area contributed by atoms with Crippen molar-refractivity contribution in [2.45, 2.75) is 20.8 Å². The third kappa shape index (κ3) is 1.63. The van der Waals surface area contributed by atoms with Gasteiger partial charge in [0.1, 0.15) is 10.6 Å². The number of aryl methyl sites for hydroxylation is 3. The predicted octanol–water partition coefficient (Wildman–Crippen LogP) is 3.03. The maximum absolute atomic E-state index is 10.9. The highest BCUT2D eigenvalue weighted by Gasteiger charge is 2.18. The molecule has 0 aliphatic heterocycles. The molecule has 2 aromatic rings. The van der Waals surface area contributed by atoms with Crippen LogP contribution in [0.1, 0.15) is 26.0 Å². The van der Waals surface area contributed by atoms with E-state index in [0.29, 0.717) is 4.88 Å². The molecule has 2 aromatic heterocycles. The zero-order valence-corrected chi connectivity index (χ0v) is 10.0. The van der Waals surface area contributed by atoms with Gasteiger partial charge in [-0.05, 0) is 26.8 Å². The Morgan fingerprint density at radius 3 is 2.56 bits per heavy atom. The van der Waals surface area contributed by atoms with Gasteiger partial charge >= 0.3 is 5.97 Å². The van der Waals surface area contributed by atoms with Crippen LogP contribution < -0.4 is 0 Å². The summed E-state index contributed by atoms with van der Waals surface area (Å²) in [5.41, 5.74) is 2.59. The number of thiophene rings is 1. The third-order valence-corrected chi connectivity index (χ3v) is 3.47. The summed E-state index contributed by atoms with van der Waals surface area (Å²) in [5, 5.41) is 12.8. The van der Waals surface area contributed by atoms with Crippen LogP contribution in [0.2, 0.25) is 0 Å². The Balaban J connectivity index is 2.61. The maximum atomic E-state index is 10.9. The van der Waals surface area contributed by atoms with Crippen molar-refractivity contribution in [1.29, 1.82) is 0 Å². The molecule has 2 rings (SSSR count). The molecule has 0 unspecified atom stereocenters. The van der Waals surface area contributed by atoms with Crippen molar-refractivity contribution in [3.05, 3.63) is 27.3 Å². The fraction of sp³-hybridized carbons (Fsp3) is 0.273. The van der Waals surface area contributed by atoms with E-state index < -0.39 is 5.97 Å². The standard InChI is InChI=1S/C11H11NO3S/c1-5-10(6(2)15-12-5)8-4-9(11(13)14)16-7(8)3/h4H,1-3H3,(H,13,14). The summed E-state index contributed by atoms with van der Waals surface area (Å²) in [6, 6.07) is 1.68. The van der Waals surface area contributed by atoms with Gasteiger partial charge in [0.25, 0.3) is 0 Å². The van der Waals surface area contributed by atoms with Gasteiger partial charge in [-0.3, -0.25) is 0 Å². The second-order valence-corrected chi connectivity index (χ2v) is 4.84. The van der Waals surface area contributed by atoms with Gasteiger partial charge in [-0.1, -0.05) is 5.16 Å². The van der Waals surface area contributed by atoms with E-state index in [1.807, 2.05) is 20.8 Å². The molecule has 0 bridgehead atoms. The van der Waals surface area contributed by atoms with Gasteiger partial charge in [0.05, 0.1) is 5.69 Å². The van der Waals surface area contributed by atoms with Gasteiger partial charge in [0, 0.05) is 16.0 Å². The van der Waals surface area contributed by atoms with Crippen molar-refractivity contribution in [1.82, 2.24) is 5.16 Å². The molecule has 5 heteroatoms. The topological polar surface area (TPSA) is 63.3 Å². The minimum Gasteiger partial charge on any atom is -0.477 e. The first-order valence-corrected chi connectivity index (χ1v) is 5.59. The summed E-state index contributed by atoms with van der Waals surface area (Å²) in [7, 11) is 0. The molecule has 0 fully saturated rings. The van der Waals surface area contributed by atoms with E-state index in [4.69, 9.17) is 9.63 Å². The average Bonchev–Trinajstić information content (AvgIpc) is 2.71. The molecule has 0 spiro atoms. The van der Waals surface area contributed by atoms with Crippen molar-refractivity contribution in [3.63, 3.8) is 0 Å². The van der Waals surface area contributed by atoms with Crippen molar-refractivity contribution in [2.24, 2.45) is 0 Å². The molecule has 0 amide bonds. The number of carboxylic acid groups (broad SMARTS) is 1. The highest BCUT2D eigenvalue weighted by Crippen LogP contribution is 2.34. The summed E-state index contributed by atoms with van der Waals surface area (Å²) in [6.07, 6.45) is 0. The fourth-order valence-electron chi connectivity index (χ4n) is 1.70. The predicted molar refractivity (Wildman–Crippen MR) is 61.0 cm³/mol. The van der Waals surface area contributed by atoms with E-state index in [9.17, 15) is 4.79 Å². The highest BCUT2D eigenvalue weighted by molar-refractivity contribution is 7.14. The van der Waals surface area contributed by atoms with Crippen molar-refractivity contribution < 1.29 is 14.4 Å². The van der Waals surface area contributed by atoms with Crippen LogP contribution in [0.3, 0.4) is 0 Å². The Labute approximate surface area is 96.5 Å². The summed E-state index contributed by atoms with van der Waals surface area (Å²) >= 11 is 1.27. The molecule has 0 atom stereocenters. The van der Waals surface area contributed by atoms with Crippen LogP contribution in [0.25, 0.3) is 11.1 Å². The SMILES string of the molecule is Cc1noc(C)c1-c1cc(C(=O)O)sc1C. The Kier molecular flexibility index (Phi) is 2.55. The summed E-state index contributed by atoms with van der Waals surface area (Å²) in [5.74, 6) is -0.179. The van der Waals surface area contributed by atoms with Crippen LogP contribution in [0.15, 0.2) is 10.6 Å². The first kappa shape index (κ1) is 10.9. The molecule has 16 heavy (non-hydrogen) atoms. The number of carboxylic acids is 1. The van der Waals surface area contributed by atoms with E-state index in [1.165, 1.54) is 11.3 Å². The third-order valence-electron chi connectivity index (χ3n) is 2.43. The van der Waals surface area contributed by atoms with E-state index in [2.05, 4.69) is 5.16 Å². The van der Waals surface area contributed by atoms with Crippen LogP contribution in [0.5, 0.6) is 0 Å². The molecular formula is C11H11NO3S. The van der Waals surface area contributed by atoms with E-state index in [1.54, 1.807) is 6.07 Å². The zero-order chi connectivity index (χ0) is 11.9. The van der Waals surface area contributed by atoms with Crippen LogP contribution in [0.4, 0.5) is 0 Å². The molecule has 2 heterocycles. The summed E-state index contributed by atoms with van der Waals surface area (Å²) in [6.45, 7) is 5.58. The lowest BCUT2D eigenvalue weighted by molar-refractivity contribution is 0.0702. The zero-order valence-electron chi connectivity index (χ0n) is 9.20. The quantitative estimate of drug-likeness (QED) is 0.872. The van der Waals surface area contributed by atoms with Crippen molar-refractivity contribution in [2.75, 3.05) is 0 Å². The minimum absolute atomic E-state index is 0.340. The summed E-state index contributed by atoms with van der Waals surface area (Å²) < 4.78 is 5.08.